The van der Waals surface area contributed by atoms with Crippen LogP contribution in [-0.2, 0) is 6.61 Å². The summed E-state index contributed by atoms with van der Waals surface area (Å²) in [5.41, 5.74) is 9.11. The lowest BCUT2D eigenvalue weighted by Crippen LogP contribution is -2.21. The summed E-state index contributed by atoms with van der Waals surface area (Å²) in [4.78, 5) is 0. The van der Waals surface area contributed by atoms with E-state index in [0.717, 1.165) is 27.5 Å². The number of hydrogen-bond donors (Lipinski definition) is 1. The predicted molar refractivity (Wildman–Crippen MR) is 142 cm³/mol. The topological polar surface area (TPSA) is 77.5 Å². The minimum Gasteiger partial charge on any atom is -0.490 e. The third kappa shape index (κ3) is 4.42. The summed E-state index contributed by atoms with van der Waals surface area (Å²) >= 11 is 12.3. The number of ether oxygens (including phenoxy) is 3. The van der Waals surface area contributed by atoms with Gasteiger partial charge in [0, 0.05) is 26.6 Å². The van der Waals surface area contributed by atoms with Crippen LogP contribution in [0.4, 0.5) is 0 Å². The molecule has 0 unspecified atom stereocenters. The Balaban J connectivity index is 1.55. The number of halogens is 2. The minimum atomic E-state index is -0.415. The van der Waals surface area contributed by atoms with Gasteiger partial charge in [-0.15, -0.1) is 0 Å². The largest absolute Gasteiger partial charge is 0.490 e. The van der Waals surface area contributed by atoms with Gasteiger partial charge < -0.3 is 19.9 Å². The lowest BCUT2D eigenvalue weighted by molar-refractivity contribution is 0.269. The van der Waals surface area contributed by atoms with Crippen LogP contribution in [0.3, 0.4) is 0 Å². The number of nitriles is 1. The maximum Gasteiger partial charge on any atom is 0.205 e. The molecule has 180 valence electrons. The Kier molecular flexibility index (Phi) is 6.65. The second kappa shape index (κ2) is 10.0. The Hall–Kier alpha value is -3.85. The molecule has 1 atom stereocenters. The number of hydrogen-bond acceptors (Lipinski definition) is 5. The molecule has 0 amide bonds. The number of benzene rings is 4. The summed E-state index contributed by atoms with van der Waals surface area (Å²) in [6.45, 7) is 2.60. The molecule has 0 fully saturated rings. The Morgan fingerprint density at radius 2 is 1.81 bits per heavy atom. The molecule has 4 aromatic carbocycles. The summed E-state index contributed by atoms with van der Waals surface area (Å²) in [5, 5.41) is 13.0. The second-order valence-corrected chi connectivity index (χ2v) is 9.14. The van der Waals surface area contributed by atoms with Gasteiger partial charge >= 0.3 is 0 Å². The first kappa shape index (κ1) is 23.9. The van der Waals surface area contributed by atoms with Gasteiger partial charge in [0.05, 0.1) is 12.5 Å². The first-order valence-corrected chi connectivity index (χ1v) is 12.2. The third-order valence-electron chi connectivity index (χ3n) is 6.11. The van der Waals surface area contributed by atoms with Crippen LogP contribution >= 0.6 is 23.2 Å². The zero-order valence-electron chi connectivity index (χ0n) is 19.4. The number of rotatable bonds is 6. The molecule has 0 radical (unpaired) electrons. The van der Waals surface area contributed by atoms with E-state index in [4.69, 9.17) is 43.1 Å². The maximum absolute atomic E-state index is 9.97. The molecule has 0 aromatic heterocycles. The van der Waals surface area contributed by atoms with E-state index in [1.807, 2.05) is 67.6 Å². The SMILES string of the molecule is CCOc1cc([C@H]2C(C#N)=C(N)Oc3c2ccc2ccccc32)ccc1OCc1ccc(Cl)cc1Cl. The quantitative estimate of drug-likeness (QED) is 0.290. The summed E-state index contributed by atoms with van der Waals surface area (Å²) in [7, 11) is 0. The van der Waals surface area contributed by atoms with Crippen molar-refractivity contribution >= 4 is 34.0 Å². The Morgan fingerprint density at radius 1 is 0.972 bits per heavy atom. The molecule has 5 nitrogen and oxygen atoms in total. The molecule has 0 saturated heterocycles. The van der Waals surface area contributed by atoms with Crippen LogP contribution in [0.25, 0.3) is 10.8 Å². The van der Waals surface area contributed by atoms with E-state index >= 15 is 0 Å². The molecule has 0 spiro atoms. The maximum atomic E-state index is 9.97. The highest BCUT2D eigenvalue weighted by Crippen LogP contribution is 2.46. The second-order valence-electron chi connectivity index (χ2n) is 8.29. The van der Waals surface area contributed by atoms with E-state index in [9.17, 15) is 5.26 Å². The number of allylic oxidation sites excluding steroid dienone is 1. The summed E-state index contributed by atoms with van der Waals surface area (Å²) in [6.07, 6.45) is 0. The van der Waals surface area contributed by atoms with Gasteiger partial charge in [-0.3, -0.25) is 0 Å². The van der Waals surface area contributed by atoms with Gasteiger partial charge in [0.15, 0.2) is 11.5 Å². The fourth-order valence-electron chi connectivity index (χ4n) is 4.42. The number of nitrogens with two attached hydrogens (primary N) is 1. The molecule has 1 aliphatic rings. The highest BCUT2D eigenvalue weighted by Gasteiger charge is 2.32. The van der Waals surface area contributed by atoms with Crippen molar-refractivity contribution in [2.45, 2.75) is 19.4 Å². The van der Waals surface area contributed by atoms with Crippen molar-refractivity contribution in [3.63, 3.8) is 0 Å². The average molecular weight is 517 g/mol. The molecule has 2 N–H and O–H groups in total. The lowest BCUT2D eigenvalue weighted by atomic mass is 9.82. The van der Waals surface area contributed by atoms with E-state index in [1.54, 1.807) is 12.1 Å². The van der Waals surface area contributed by atoms with Crippen LogP contribution in [0.5, 0.6) is 17.2 Å². The zero-order chi connectivity index (χ0) is 25.2. The van der Waals surface area contributed by atoms with Crippen molar-refractivity contribution in [1.29, 1.82) is 5.26 Å². The molecule has 0 bridgehead atoms. The van der Waals surface area contributed by atoms with Crippen LogP contribution in [0.15, 0.2) is 84.3 Å². The molecule has 0 saturated carbocycles. The van der Waals surface area contributed by atoms with E-state index in [0.29, 0.717) is 39.5 Å². The van der Waals surface area contributed by atoms with Crippen molar-refractivity contribution in [1.82, 2.24) is 0 Å². The molecule has 1 heterocycles. The molecule has 4 aromatic rings. The molecule has 36 heavy (non-hydrogen) atoms. The Labute approximate surface area is 219 Å². The Morgan fingerprint density at radius 3 is 2.58 bits per heavy atom. The smallest absolute Gasteiger partial charge is 0.205 e. The van der Waals surface area contributed by atoms with E-state index in [2.05, 4.69) is 6.07 Å². The van der Waals surface area contributed by atoms with Crippen molar-refractivity contribution < 1.29 is 14.2 Å². The van der Waals surface area contributed by atoms with Gasteiger partial charge in [-0.1, -0.05) is 71.7 Å². The van der Waals surface area contributed by atoms with Crippen LogP contribution in [0, 0.1) is 11.3 Å². The monoisotopic (exact) mass is 516 g/mol. The number of fused-ring (bicyclic) bond motifs is 3. The van der Waals surface area contributed by atoms with Gasteiger partial charge in [-0.25, -0.2) is 0 Å². The van der Waals surface area contributed by atoms with Gasteiger partial charge in [0.25, 0.3) is 0 Å². The van der Waals surface area contributed by atoms with E-state index in [-0.39, 0.29) is 12.5 Å². The molecular weight excluding hydrogens is 495 g/mol. The molecule has 0 aliphatic carbocycles. The predicted octanol–water partition coefficient (Wildman–Crippen LogP) is 7.34. The standard InChI is InChI=1S/C29H22Cl2N2O3/c1-2-34-26-13-18(9-12-25(26)35-16-19-7-10-20(30)14-24(19)31)27-22-11-8-17-5-3-4-6-21(17)28(22)36-29(33)23(27)15-32/h3-14,27H,2,16,33H2,1H3/t27-/m1/s1. The normalized spacial score (nSPS) is 14.7. The minimum absolute atomic E-state index is 0.0991. The van der Waals surface area contributed by atoms with Crippen LogP contribution in [0.1, 0.15) is 29.5 Å². The zero-order valence-corrected chi connectivity index (χ0v) is 20.9. The van der Waals surface area contributed by atoms with Crippen LogP contribution in [-0.4, -0.2) is 6.61 Å². The summed E-state index contributed by atoms with van der Waals surface area (Å²) in [6, 6.07) is 25.1. The molecular formula is C29H22Cl2N2O3. The van der Waals surface area contributed by atoms with Gasteiger partial charge in [0.1, 0.15) is 24.0 Å². The van der Waals surface area contributed by atoms with Crippen LogP contribution in [0.2, 0.25) is 10.0 Å². The first-order chi connectivity index (χ1) is 17.5. The van der Waals surface area contributed by atoms with Gasteiger partial charge in [0.2, 0.25) is 5.88 Å². The Bertz CT molecular complexity index is 1540. The molecule has 5 rings (SSSR count). The molecule has 7 heteroatoms. The van der Waals surface area contributed by atoms with Gasteiger partial charge in [-0.05, 0) is 42.1 Å². The van der Waals surface area contributed by atoms with E-state index in [1.165, 1.54) is 0 Å². The van der Waals surface area contributed by atoms with Crippen molar-refractivity contribution in [3.05, 3.63) is 111 Å². The summed E-state index contributed by atoms with van der Waals surface area (Å²) in [5.74, 6) is 1.47. The number of nitrogens with zero attached hydrogens (tertiary/aromatic N) is 1. The van der Waals surface area contributed by atoms with Crippen molar-refractivity contribution in [2.75, 3.05) is 6.61 Å². The van der Waals surface area contributed by atoms with Crippen molar-refractivity contribution in [2.24, 2.45) is 5.73 Å². The first-order valence-electron chi connectivity index (χ1n) is 11.4. The fourth-order valence-corrected chi connectivity index (χ4v) is 4.88. The third-order valence-corrected chi connectivity index (χ3v) is 6.69. The van der Waals surface area contributed by atoms with Crippen molar-refractivity contribution in [3.8, 4) is 23.3 Å². The van der Waals surface area contributed by atoms with Gasteiger partial charge in [-0.2, -0.15) is 5.26 Å². The summed E-state index contributed by atoms with van der Waals surface area (Å²) < 4.78 is 17.9. The lowest BCUT2D eigenvalue weighted by Gasteiger charge is -2.28. The average Bonchev–Trinajstić information content (AvgIpc) is 2.88. The fraction of sp³-hybridized carbons (Fsp3) is 0.138. The molecule has 1 aliphatic heterocycles. The van der Waals surface area contributed by atoms with E-state index < -0.39 is 5.92 Å². The van der Waals surface area contributed by atoms with Crippen LogP contribution < -0.4 is 19.9 Å². The highest BCUT2D eigenvalue weighted by molar-refractivity contribution is 6.35. The highest BCUT2D eigenvalue weighted by atomic mass is 35.5.